The number of hydrogen-bond acceptors (Lipinski definition) is 2. The molecule has 1 heterocycles. The number of pyridine rings is 1. The molecule has 0 bridgehead atoms. The van der Waals surface area contributed by atoms with Crippen LogP contribution in [0, 0.1) is 0 Å². The predicted molar refractivity (Wildman–Crippen MR) is 63.5 cm³/mol. The lowest BCUT2D eigenvalue weighted by molar-refractivity contribution is 0.927. The lowest BCUT2D eigenvalue weighted by Gasteiger charge is -2.14. The monoisotopic (exact) mass is 192 g/mol. The molecule has 0 saturated heterocycles. The first-order chi connectivity index (χ1) is 6.70. The number of rotatable bonds is 3. The van der Waals surface area contributed by atoms with E-state index in [0.717, 1.165) is 11.3 Å². The van der Waals surface area contributed by atoms with Crippen molar-refractivity contribution < 1.29 is 0 Å². The summed E-state index contributed by atoms with van der Waals surface area (Å²) in [5.74, 6) is 0. The Bertz CT molecular complexity index is 254. The van der Waals surface area contributed by atoms with Gasteiger partial charge in [0.25, 0.3) is 0 Å². The minimum absolute atomic E-state index is 0.300. The molecule has 1 unspecified atom stereocenters. The second-order valence-corrected chi connectivity index (χ2v) is 2.95. The van der Waals surface area contributed by atoms with Crippen LogP contribution in [-0.4, -0.2) is 11.0 Å². The topological polar surface area (TPSA) is 24.9 Å². The number of nitrogens with one attached hydrogen (secondary N) is 1. The van der Waals surface area contributed by atoms with Gasteiger partial charge in [-0.3, -0.25) is 4.98 Å². The molecule has 2 heteroatoms. The highest BCUT2D eigenvalue weighted by Crippen LogP contribution is 2.08. The van der Waals surface area contributed by atoms with Gasteiger partial charge in [-0.2, -0.15) is 0 Å². The highest BCUT2D eigenvalue weighted by Gasteiger charge is 2.00. The first kappa shape index (κ1) is 12.7. The summed E-state index contributed by atoms with van der Waals surface area (Å²) in [6.45, 7) is 12.0. The summed E-state index contributed by atoms with van der Waals surface area (Å²) in [5.41, 5.74) is 2.16. The quantitative estimate of drug-likeness (QED) is 0.741. The summed E-state index contributed by atoms with van der Waals surface area (Å²) in [4.78, 5) is 4.00. The molecule has 0 saturated carbocycles. The third kappa shape index (κ3) is 4.65. The fourth-order valence-electron chi connectivity index (χ4n) is 0.821. The third-order valence-electron chi connectivity index (χ3n) is 1.78. The van der Waals surface area contributed by atoms with Gasteiger partial charge in [-0.25, -0.2) is 0 Å². The van der Waals surface area contributed by atoms with E-state index in [4.69, 9.17) is 0 Å². The number of hydrogen-bond donors (Lipinski definition) is 1. The molecule has 1 atom stereocenters. The third-order valence-corrected chi connectivity index (χ3v) is 1.78. The van der Waals surface area contributed by atoms with Crippen molar-refractivity contribution >= 4 is 5.69 Å². The van der Waals surface area contributed by atoms with Crippen LogP contribution in [0.5, 0.6) is 0 Å². The highest BCUT2D eigenvalue weighted by atomic mass is 14.9. The Kier molecular flexibility index (Phi) is 6.46. The van der Waals surface area contributed by atoms with E-state index in [1.54, 1.807) is 12.4 Å². The van der Waals surface area contributed by atoms with Crippen LogP contribution < -0.4 is 5.32 Å². The second kappa shape index (κ2) is 7.13. The van der Waals surface area contributed by atoms with Crippen molar-refractivity contribution in [1.82, 2.24) is 4.98 Å². The Balaban J connectivity index is 0.000000791. The van der Waals surface area contributed by atoms with Gasteiger partial charge in [0.15, 0.2) is 0 Å². The standard InChI is InChI=1S/C10H14N2.C2H6/c1-8(2)9(3)12-10-5-4-6-11-7-10;1-2/h4-7,9,12H,1H2,2-3H3;1-2H3. The van der Waals surface area contributed by atoms with Gasteiger partial charge in [-0.05, 0) is 26.0 Å². The second-order valence-electron chi connectivity index (χ2n) is 2.95. The Hall–Kier alpha value is -1.31. The molecule has 0 radical (unpaired) electrons. The highest BCUT2D eigenvalue weighted by molar-refractivity contribution is 5.42. The molecule has 0 spiro atoms. The lowest BCUT2D eigenvalue weighted by atomic mass is 10.2. The first-order valence-electron chi connectivity index (χ1n) is 5.02. The van der Waals surface area contributed by atoms with Gasteiger partial charge < -0.3 is 5.32 Å². The molecule has 0 amide bonds. The van der Waals surface area contributed by atoms with Crippen molar-refractivity contribution in [3.05, 3.63) is 36.7 Å². The Labute approximate surface area is 87.1 Å². The Morgan fingerprint density at radius 3 is 2.57 bits per heavy atom. The van der Waals surface area contributed by atoms with E-state index in [-0.39, 0.29) is 0 Å². The zero-order chi connectivity index (χ0) is 11.0. The maximum absolute atomic E-state index is 4.00. The fourth-order valence-corrected chi connectivity index (χ4v) is 0.821. The van der Waals surface area contributed by atoms with E-state index >= 15 is 0 Å². The largest absolute Gasteiger partial charge is 0.378 e. The summed E-state index contributed by atoms with van der Waals surface area (Å²) in [6.07, 6.45) is 3.57. The van der Waals surface area contributed by atoms with Crippen LogP contribution in [0.25, 0.3) is 0 Å². The van der Waals surface area contributed by atoms with Gasteiger partial charge >= 0.3 is 0 Å². The van der Waals surface area contributed by atoms with Gasteiger partial charge in [0, 0.05) is 18.4 Å². The Morgan fingerprint density at radius 2 is 2.14 bits per heavy atom. The van der Waals surface area contributed by atoms with E-state index in [2.05, 4.69) is 23.8 Å². The molecular weight excluding hydrogens is 172 g/mol. The molecule has 1 rings (SSSR count). The van der Waals surface area contributed by atoms with Crippen molar-refractivity contribution in [2.75, 3.05) is 5.32 Å². The molecule has 1 N–H and O–H groups in total. The summed E-state index contributed by atoms with van der Waals surface area (Å²) in [7, 11) is 0. The molecule has 0 aliphatic rings. The van der Waals surface area contributed by atoms with Gasteiger partial charge in [0.05, 0.1) is 5.69 Å². The number of nitrogens with zero attached hydrogens (tertiary/aromatic N) is 1. The molecule has 0 fully saturated rings. The van der Waals surface area contributed by atoms with Crippen molar-refractivity contribution in [2.24, 2.45) is 0 Å². The minimum Gasteiger partial charge on any atom is -0.378 e. The SMILES string of the molecule is C=C(C)C(C)Nc1cccnc1.CC. The van der Waals surface area contributed by atoms with Crippen LogP contribution in [0.3, 0.4) is 0 Å². The van der Waals surface area contributed by atoms with Crippen molar-refractivity contribution in [2.45, 2.75) is 33.7 Å². The van der Waals surface area contributed by atoms with E-state index in [1.165, 1.54) is 0 Å². The first-order valence-corrected chi connectivity index (χ1v) is 5.02. The zero-order valence-corrected chi connectivity index (χ0v) is 9.54. The zero-order valence-electron chi connectivity index (χ0n) is 9.54. The molecule has 14 heavy (non-hydrogen) atoms. The van der Waals surface area contributed by atoms with Crippen LogP contribution in [-0.2, 0) is 0 Å². The smallest absolute Gasteiger partial charge is 0.0531 e. The van der Waals surface area contributed by atoms with E-state index in [1.807, 2.05) is 32.9 Å². The fraction of sp³-hybridized carbons (Fsp3) is 0.417. The van der Waals surface area contributed by atoms with Crippen LogP contribution in [0.2, 0.25) is 0 Å². The number of anilines is 1. The molecule has 1 aromatic heterocycles. The Morgan fingerprint density at radius 1 is 1.50 bits per heavy atom. The van der Waals surface area contributed by atoms with E-state index in [9.17, 15) is 0 Å². The van der Waals surface area contributed by atoms with Crippen LogP contribution in [0.4, 0.5) is 5.69 Å². The number of aromatic nitrogens is 1. The molecule has 0 aliphatic heterocycles. The molecule has 2 nitrogen and oxygen atoms in total. The van der Waals surface area contributed by atoms with E-state index in [0.29, 0.717) is 6.04 Å². The summed E-state index contributed by atoms with van der Waals surface area (Å²) in [6, 6.07) is 4.20. The molecule has 0 aliphatic carbocycles. The molecule has 1 aromatic rings. The predicted octanol–water partition coefficient (Wildman–Crippen LogP) is 3.48. The average molecular weight is 192 g/mol. The van der Waals surface area contributed by atoms with Gasteiger partial charge in [0.1, 0.15) is 0 Å². The van der Waals surface area contributed by atoms with Crippen LogP contribution in [0.1, 0.15) is 27.7 Å². The van der Waals surface area contributed by atoms with E-state index < -0.39 is 0 Å². The molecule has 78 valence electrons. The minimum atomic E-state index is 0.300. The summed E-state index contributed by atoms with van der Waals surface area (Å²) in [5, 5.41) is 3.28. The van der Waals surface area contributed by atoms with Crippen LogP contribution in [0.15, 0.2) is 36.7 Å². The van der Waals surface area contributed by atoms with Crippen LogP contribution >= 0.6 is 0 Å². The maximum atomic E-state index is 4.00. The molecular formula is C12H20N2. The van der Waals surface area contributed by atoms with Crippen molar-refractivity contribution in [3.63, 3.8) is 0 Å². The van der Waals surface area contributed by atoms with Gasteiger partial charge in [0.2, 0.25) is 0 Å². The normalized spacial score (nSPS) is 10.9. The van der Waals surface area contributed by atoms with Crippen molar-refractivity contribution in [3.8, 4) is 0 Å². The average Bonchev–Trinajstić information content (AvgIpc) is 2.22. The lowest BCUT2D eigenvalue weighted by Crippen LogP contribution is -2.15. The van der Waals surface area contributed by atoms with Crippen molar-refractivity contribution in [1.29, 1.82) is 0 Å². The van der Waals surface area contributed by atoms with Gasteiger partial charge in [-0.1, -0.05) is 26.0 Å². The molecule has 0 aromatic carbocycles. The summed E-state index contributed by atoms with van der Waals surface area (Å²) >= 11 is 0. The maximum Gasteiger partial charge on any atom is 0.0531 e. The summed E-state index contributed by atoms with van der Waals surface area (Å²) < 4.78 is 0. The van der Waals surface area contributed by atoms with Gasteiger partial charge in [-0.15, -0.1) is 0 Å².